The zero-order valence-corrected chi connectivity index (χ0v) is 10.4. The van der Waals surface area contributed by atoms with E-state index < -0.39 is 22.0 Å². The topological polar surface area (TPSA) is 83.5 Å². The van der Waals surface area contributed by atoms with Crippen LogP contribution in [0.2, 0.25) is 0 Å². The molecule has 90 valence electrons. The van der Waals surface area contributed by atoms with Gasteiger partial charge in [0.1, 0.15) is 6.04 Å². The van der Waals surface area contributed by atoms with Crippen LogP contribution in [0.25, 0.3) is 0 Å². The van der Waals surface area contributed by atoms with E-state index in [0.717, 1.165) is 0 Å². The fourth-order valence-electron chi connectivity index (χ4n) is 1.14. The Labute approximate surface area is 90.9 Å². The molecule has 15 heavy (non-hydrogen) atoms. The fourth-order valence-corrected chi connectivity index (χ4v) is 3.06. The molecule has 0 saturated carbocycles. The van der Waals surface area contributed by atoms with Gasteiger partial charge in [-0.3, -0.25) is 4.79 Å². The number of carboxylic acid groups (broad SMARTS) is 1. The lowest BCUT2D eigenvalue weighted by molar-refractivity contribution is -0.139. The Morgan fingerprint density at radius 1 is 1.40 bits per heavy atom. The lowest BCUT2D eigenvalue weighted by Crippen LogP contribution is -2.43. The number of carbonyl (C=O) groups is 1. The predicted octanol–water partition coefficient (Wildman–Crippen LogP) is 0.815. The van der Waals surface area contributed by atoms with Crippen LogP contribution in [0.1, 0.15) is 34.1 Å². The summed E-state index contributed by atoms with van der Waals surface area (Å²) in [7, 11) is -3.53. The first-order valence-electron chi connectivity index (χ1n) is 4.80. The molecule has 2 N–H and O–H groups in total. The summed E-state index contributed by atoms with van der Waals surface area (Å²) < 4.78 is 25.3. The van der Waals surface area contributed by atoms with Crippen LogP contribution >= 0.6 is 0 Å². The van der Waals surface area contributed by atoms with Crippen molar-refractivity contribution < 1.29 is 18.3 Å². The maximum Gasteiger partial charge on any atom is 0.321 e. The maximum absolute atomic E-state index is 11.5. The van der Waals surface area contributed by atoms with Gasteiger partial charge in [-0.25, -0.2) is 13.1 Å². The van der Waals surface area contributed by atoms with Crippen LogP contribution in [0.3, 0.4) is 0 Å². The molecule has 0 unspecified atom stereocenters. The second-order valence-corrected chi connectivity index (χ2v) is 6.49. The van der Waals surface area contributed by atoms with Crippen LogP contribution in [-0.4, -0.2) is 31.3 Å². The number of rotatable bonds is 5. The monoisotopic (exact) mass is 237 g/mol. The van der Waals surface area contributed by atoms with Crippen molar-refractivity contribution in [1.29, 1.82) is 0 Å². The summed E-state index contributed by atoms with van der Waals surface area (Å²) in [5.41, 5.74) is -0.386. The molecular formula is C9H19NO4S. The molecule has 6 heteroatoms. The second-order valence-electron chi connectivity index (χ2n) is 4.74. The van der Waals surface area contributed by atoms with Crippen molar-refractivity contribution in [1.82, 2.24) is 4.72 Å². The molecule has 0 aromatic rings. The van der Waals surface area contributed by atoms with Crippen LogP contribution in [-0.2, 0) is 14.8 Å². The molecule has 0 radical (unpaired) electrons. The number of hydrogen-bond donors (Lipinski definition) is 2. The molecule has 0 amide bonds. The Hall–Kier alpha value is -0.620. The minimum absolute atomic E-state index is 0.0796. The molecule has 5 nitrogen and oxygen atoms in total. The van der Waals surface area contributed by atoms with Crippen molar-refractivity contribution in [3.63, 3.8) is 0 Å². The van der Waals surface area contributed by atoms with Gasteiger partial charge in [0.15, 0.2) is 0 Å². The fraction of sp³-hybridized carbons (Fsp3) is 0.889. The average molecular weight is 237 g/mol. The van der Waals surface area contributed by atoms with Crippen molar-refractivity contribution in [3.05, 3.63) is 0 Å². The number of sulfonamides is 1. The Bertz CT molecular complexity index is 315. The van der Waals surface area contributed by atoms with Crippen molar-refractivity contribution in [2.24, 2.45) is 5.41 Å². The first kappa shape index (κ1) is 14.4. The minimum Gasteiger partial charge on any atom is -0.480 e. The highest BCUT2D eigenvalue weighted by atomic mass is 32.2. The summed E-state index contributed by atoms with van der Waals surface area (Å²) in [6.45, 7) is 6.98. The number of aliphatic carboxylic acids is 1. The smallest absolute Gasteiger partial charge is 0.321 e. The van der Waals surface area contributed by atoms with E-state index in [0.29, 0.717) is 0 Å². The first-order valence-corrected chi connectivity index (χ1v) is 6.45. The summed E-state index contributed by atoms with van der Waals surface area (Å²) in [4.78, 5) is 10.6. The van der Waals surface area contributed by atoms with Crippen LogP contribution in [0.15, 0.2) is 0 Å². The first-order chi connectivity index (χ1) is 6.57. The Morgan fingerprint density at radius 3 is 2.13 bits per heavy atom. The Morgan fingerprint density at radius 2 is 1.87 bits per heavy atom. The molecule has 0 aromatic heterocycles. The van der Waals surface area contributed by atoms with Crippen LogP contribution in [0, 0.1) is 5.41 Å². The molecule has 0 rings (SSSR count). The molecule has 0 aliphatic rings. The minimum atomic E-state index is -3.53. The zero-order valence-electron chi connectivity index (χ0n) is 9.57. The molecule has 0 fully saturated rings. The van der Waals surface area contributed by atoms with Gasteiger partial charge in [0.25, 0.3) is 0 Å². The third-order valence-electron chi connectivity index (χ3n) is 1.65. The maximum atomic E-state index is 11.5. The Balaban J connectivity index is 4.57. The number of hydrogen-bond acceptors (Lipinski definition) is 3. The molecule has 0 spiro atoms. The van der Waals surface area contributed by atoms with Crippen LogP contribution in [0.5, 0.6) is 0 Å². The molecule has 0 aromatic carbocycles. The summed E-state index contributed by atoms with van der Waals surface area (Å²) >= 11 is 0. The normalized spacial score (nSPS) is 14.9. The van der Waals surface area contributed by atoms with Gasteiger partial charge < -0.3 is 5.11 Å². The van der Waals surface area contributed by atoms with Gasteiger partial charge in [0.2, 0.25) is 10.0 Å². The van der Waals surface area contributed by atoms with E-state index in [-0.39, 0.29) is 17.6 Å². The molecule has 0 bridgehead atoms. The second kappa shape index (κ2) is 4.94. The van der Waals surface area contributed by atoms with E-state index in [2.05, 4.69) is 4.72 Å². The zero-order chi connectivity index (χ0) is 12.3. The predicted molar refractivity (Wildman–Crippen MR) is 58.1 cm³/mol. The standard InChI is InChI=1S/C9H19NO4S/c1-5-7(8(11)12)10-15(13,14)6-9(2,3)4/h7,10H,5-6H2,1-4H3,(H,11,12)/t7-/m1/s1. The number of carboxylic acids is 1. The van der Waals surface area contributed by atoms with E-state index in [4.69, 9.17) is 5.11 Å². The van der Waals surface area contributed by atoms with Crippen molar-refractivity contribution in [2.75, 3.05) is 5.75 Å². The molecule has 0 aliphatic carbocycles. The van der Waals surface area contributed by atoms with Gasteiger partial charge in [0, 0.05) is 0 Å². The molecule has 1 atom stereocenters. The highest BCUT2D eigenvalue weighted by Gasteiger charge is 2.26. The summed E-state index contributed by atoms with van der Waals surface area (Å²) in [5, 5.41) is 8.71. The van der Waals surface area contributed by atoms with E-state index in [9.17, 15) is 13.2 Å². The Kier molecular flexibility index (Phi) is 4.73. The molecule has 0 heterocycles. The summed E-state index contributed by atoms with van der Waals surface area (Å²) in [6.07, 6.45) is 0.235. The highest BCUT2D eigenvalue weighted by Crippen LogP contribution is 2.15. The molecular weight excluding hydrogens is 218 g/mol. The van der Waals surface area contributed by atoms with E-state index >= 15 is 0 Å². The van der Waals surface area contributed by atoms with Gasteiger partial charge in [-0.05, 0) is 11.8 Å². The largest absolute Gasteiger partial charge is 0.480 e. The third kappa shape index (κ3) is 6.46. The molecule has 0 saturated heterocycles. The van der Waals surface area contributed by atoms with Gasteiger partial charge in [-0.15, -0.1) is 0 Å². The summed E-state index contributed by atoms with van der Waals surface area (Å²) in [5.74, 6) is -1.22. The van der Waals surface area contributed by atoms with Gasteiger partial charge in [-0.1, -0.05) is 27.7 Å². The lowest BCUT2D eigenvalue weighted by Gasteiger charge is -2.20. The summed E-state index contributed by atoms with van der Waals surface area (Å²) in [6, 6.07) is -1.03. The lowest BCUT2D eigenvalue weighted by atomic mass is 10.0. The quantitative estimate of drug-likeness (QED) is 0.741. The molecule has 0 aliphatic heterocycles. The van der Waals surface area contributed by atoms with Crippen molar-refractivity contribution in [2.45, 2.75) is 40.2 Å². The van der Waals surface area contributed by atoms with E-state index in [1.54, 1.807) is 27.7 Å². The SMILES string of the molecule is CC[C@@H](NS(=O)(=O)CC(C)(C)C)C(=O)O. The van der Waals surface area contributed by atoms with Gasteiger partial charge in [-0.2, -0.15) is 0 Å². The third-order valence-corrected chi connectivity index (χ3v) is 3.54. The van der Waals surface area contributed by atoms with Gasteiger partial charge >= 0.3 is 5.97 Å². The average Bonchev–Trinajstić information content (AvgIpc) is 1.94. The van der Waals surface area contributed by atoms with Crippen LogP contribution < -0.4 is 4.72 Å². The van der Waals surface area contributed by atoms with E-state index in [1.807, 2.05) is 0 Å². The van der Waals surface area contributed by atoms with E-state index in [1.165, 1.54) is 0 Å². The van der Waals surface area contributed by atoms with Crippen molar-refractivity contribution in [3.8, 4) is 0 Å². The number of nitrogens with one attached hydrogen (secondary N) is 1. The van der Waals surface area contributed by atoms with Crippen molar-refractivity contribution >= 4 is 16.0 Å². The highest BCUT2D eigenvalue weighted by molar-refractivity contribution is 7.89. The van der Waals surface area contributed by atoms with Gasteiger partial charge in [0.05, 0.1) is 5.75 Å². The van der Waals surface area contributed by atoms with Crippen LogP contribution in [0.4, 0.5) is 0 Å².